The van der Waals surface area contributed by atoms with Gasteiger partial charge in [-0.05, 0) is 56.4 Å². The number of ketones is 1. The minimum atomic E-state index is -0.326. The molecule has 0 aliphatic carbocycles. The minimum absolute atomic E-state index is 0.0427. The number of carbonyl (C=O) groups is 1. The highest BCUT2D eigenvalue weighted by Gasteiger charge is 2.28. The first-order valence-corrected chi connectivity index (χ1v) is 10.4. The van der Waals surface area contributed by atoms with E-state index in [4.69, 9.17) is 0 Å². The second-order valence-electron chi connectivity index (χ2n) is 7.89. The molecule has 4 rings (SSSR count). The summed E-state index contributed by atoms with van der Waals surface area (Å²) in [5.41, 5.74) is 0.578. The Kier molecular flexibility index (Phi) is 6.04. The molecule has 6 nitrogen and oxygen atoms in total. The Balaban J connectivity index is 1.41. The molecule has 0 spiro atoms. The molecule has 2 saturated heterocycles. The van der Waals surface area contributed by atoms with Crippen LogP contribution in [0.5, 0.6) is 0 Å². The van der Waals surface area contributed by atoms with E-state index in [-0.39, 0.29) is 30.2 Å². The van der Waals surface area contributed by atoms with E-state index in [2.05, 4.69) is 19.8 Å². The lowest BCUT2D eigenvalue weighted by atomic mass is 9.89. The maximum atomic E-state index is 13.1. The topological polar surface area (TPSA) is 69.6 Å². The van der Waals surface area contributed by atoms with Crippen molar-refractivity contribution in [1.82, 2.24) is 9.97 Å². The molecule has 1 unspecified atom stereocenters. The Bertz CT molecular complexity index is 837. The summed E-state index contributed by atoms with van der Waals surface area (Å²) in [5.74, 6) is 1.45. The Hall–Kier alpha value is -2.54. The summed E-state index contributed by atoms with van der Waals surface area (Å²) >= 11 is 0. The second kappa shape index (κ2) is 8.86. The van der Waals surface area contributed by atoms with Gasteiger partial charge in [-0.1, -0.05) is 0 Å². The van der Waals surface area contributed by atoms with Crippen LogP contribution in [-0.2, 0) is 0 Å². The van der Waals surface area contributed by atoms with Crippen LogP contribution < -0.4 is 9.80 Å². The lowest BCUT2D eigenvalue weighted by Crippen LogP contribution is -2.42. The van der Waals surface area contributed by atoms with Crippen LogP contribution in [0.4, 0.5) is 16.0 Å². The van der Waals surface area contributed by atoms with Crippen LogP contribution in [0.15, 0.2) is 36.7 Å². The number of carbonyl (C=O) groups excluding carboxylic acids is 1. The van der Waals surface area contributed by atoms with Crippen molar-refractivity contribution in [3.63, 3.8) is 0 Å². The first-order valence-electron chi connectivity index (χ1n) is 10.4. The zero-order valence-electron chi connectivity index (χ0n) is 16.5. The lowest BCUT2D eigenvalue weighted by molar-refractivity contribution is 0.0900. The van der Waals surface area contributed by atoms with Crippen LogP contribution in [0, 0.1) is 11.7 Å². The number of aliphatic hydroxyl groups excluding tert-OH is 1. The summed E-state index contributed by atoms with van der Waals surface area (Å²) in [5, 5.41) is 9.68. The molecule has 1 N–H and O–H groups in total. The van der Waals surface area contributed by atoms with Gasteiger partial charge in [0.05, 0.1) is 12.6 Å². The molecule has 154 valence electrons. The van der Waals surface area contributed by atoms with Crippen molar-refractivity contribution in [1.29, 1.82) is 0 Å². The summed E-state index contributed by atoms with van der Waals surface area (Å²) in [7, 11) is 0. The number of nitrogens with zero attached hydrogens (tertiary/aromatic N) is 4. The van der Waals surface area contributed by atoms with Crippen LogP contribution in [0.1, 0.15) is 42.5 Å². The number of hydrogen-bond donors (Lipinski definition) is 1. The van der Waals surface area contributed by atoms with Gasteiger partial charge in [0, 0.05) is 37.2 Å². The van der Waals surface area contributed by atoms with E-state index in [1.165, 1.54) is 12.1 Å². The standard InChI is InChI=1S/C22H27FN4O2/c23-18-6-4-16(5-7-18)22(29)17-8-11-26(12-9-17)20-13-21(25-15-24-20)27-10-2-1-3-19(27)14-28/h4-7,13,15,17,19,28H,1-3,8-12,14H2. The van der Waals surface area contributed by atoms with E-state index < -0.39 is 0 Å². The van der Waals surface area contributed by atoms with E-state index in [0.717, 1.165) is 63.4 Å². The molecule has 29 heavy (non-hydrogen) atoms. The van der Waals surface area contributed by atoms with Crippen LogP contribution in [0.2, 0.25) is 0 Å². The lowest BCUT2D eigenvalue weighted by Gasteiger charge is -2.36. The van der Waals surface area contributed by atoms with E-state index in [0.29, 0.717) is 5.56 Å². The average Bonchev–Trinajstić information content (AvgIpc) is 2.79. The molecule has 2 fully saturated rings. The van der Waals surface area contributed by atoms with Gasteiger partial charge in [0.2, 0.25) is 0 Å². The third kappa shape index (κ3) is 4.40. The molecular weight excluding hydrogens is 371 g/mol. The molecule has 0 radical (unpaired) electrons. The summed E-state index contributed by atoms with van der Waals surface area (Å²) in [4.78, 5) is 25.9. The van der Waals surface area contributed by atoms with Crippen molar-refractivity contribution in [2.45, 2.75) is 38.1 Å². The number of rotatable bonds is 5. The van der Waals surface area contributed by atoms with Gasteiger partial charge in [-0.3, -0.25) is 4.79 Å². The van der Waals surface area contributed by atoms with E-state index in [9.17, 15) is 14.3 Å². The Morgan fingerprint density at radius 3 is 2.48 bits per heavy atom. The first kappa shape index (κ1) is 19.8. The highest BCUT2D eigenvalue weighted by molar-refractivity contribution is 5.97. The van der Waals surface area contributed by atoms with Gasteiger partial charge in [-0.2, -0.15) is 0 Å². The quantitative estimate of drug-likeness (QED) is 0.781. The molecule has 3 heterocycles. The first-order chi connectivity index (χ1) is 14.2. The van der Waals surface area contributed by atoms with E-state index in [1.54, 1.807) is 18.5 Å². The molecule has 2 aromatic rings. The maximum absolute atomic E-state index is 13.1. The van der Waals surface area contributed by atoms with Crippen molar-refractivity contribution < 1.29 is 14.3 Å². The molecular formula is C22H27FN4O2. The third-order valence-electron chi connectivity index (χ3n) is 6.09. The monoisotopic (exact) mass is 398 g/mol. The highest BCUT2D eigenvalue weighted by Crippen LogP contribution is 2.28. The predicted molar refractivity (Wildman–Crippen MR) is 110 cm³/mol. The molecule has 1 aromatic heterocycles. The zero-order valence-corrected chi connectivity index (χ0v) is 16.5. The van der Waals surface area contributed by atoms with Crippen LogP contribution in [0.3, 0.4) is 0 Å². The Morgan fingerprint density at radius 2 is 1.76 bits per heavy atom. The number of halogens is 1. The van der Waals surface area contributed by atoms with Crippen molar-refractivity contribution >= 4 is 17.4 Å². The van der Waals surface area contributed by atoms with Gasteiger partial charge < -0.3 is 14.9 Å². The summed E-state index contributed by atoms with van der Waals surface area (Å²) < 4.78 is 13.1. The van der Waals surface area contributed by atoms with Gasteiger partial charge in [0.1, 0.15) is 23.8 Å². The molecule has 0 amide bonds. The second-order valence-corrected chi connectivity index (χ2v) is 7.89. The fraction of sp³-hybridized carbons (Fsp3) is 0.500. The zero-order chi connectivity index (χ0) is 20.2. The van der Waals surface area contributed by atoms with Crippen LogP contribution in [-0.4, -0.2) is 53.1 Å². The highest BCUT2D eigenvalue weighted by atomic mass is 19.1. The predicted octanol–water partition coefficient (Wildman–Crippen LogP) is 3.07. The number of aliphatic hydroxyl groups is 1. The number of aromatic nitrogens is 2. The third-order valence-corrected chi connectivity index (χ3v) is 6.09. The van der Waals surface area contributed by atoms with Crippen LogP contribution >= 0.6 is 0 Å². The number of benzene rings is 1. The molecule has 0 saturated carbocycles. The van der Waals surface area contributed by atoms with Crippen molar-refractivity contribution in [2.24, 2.45) is 5.92 Å². The smallest absolute Gasteiger partial charge is 0.166 e. The van der Waals surface area contributed by atoms with Gasteiger partial charge in [-0.15, -0.1) is 0 Å². The van der Waals surface area contributed by atoms with Gasteiger partial charge in [-0.25, -0.2) is 14.4 Å². The average molecular weight is 398 g/mol. The number of Topliss-reactive ketones (excluding diaryl/α,β-unsaturated/α-hetero) is 1. The van der Waals surface area contributed by atoms with Crippen molar-refractivity contribution in [2.75, 3.05) is 36.0 Å². The maximum Gasteiger partial charge on any atom is 0.166 e. The minimum Gasteiger partial charge on any atom is -0.394 e. The summed E-state index contributed by atoms with van der Waals surface area (Å²) in [6.07, 6.45) is 6.30. The van der Waals surface area contributed by atoms with Crippen molar-refractivity contribution in [3.05, 3.63) is 48.0 Å². The number of hydrogen-bond acceptors (Lipinski definition) is 6. The van der Waals surface area contributed by atoms with Gasteiger partial charge in [0.25, 0.3) is 0 Å². The molecule has 7 heteroatoms. The fourth-order valence-corrected chi connectivity index (χ4v) is 4.38. The fourth-order valence-electron chi connectivity index (χ4n) is 4.38. The summed E-state index contributed by atoms with van der Waals surface area (Å²) in [6.45, 7) is 2.53. The normalized spacial score (nSPS) is 20.7. The Morgan fingerprint density at radius 1 is 1.03 bits per heavy atom. The Labute approximate surface area is 170 Å². The molecule has 2 aliphatic rings. The number of anilines is 2. The molecule has 1 atom stereocenters. The molecule has 0 bridgehead atoms. The molecule has 2 aliphatic heterocycles. The van der Waals surface area contributed by atoms with Gasteiger partial charge >= 0.3 is 0 Å². The van der Waals surface area contributed by atoms with E-state index in [1.807, 2.05) is 6.07 Å². The van der Waals surface area contributed by atoms with Crippen LogP contribution in [0.25, 0.3) is 0 Å². The van der Waals surface area contributed by atoms with E-state index >= 15 is 0 Å². The molecule has 1 aromatic carbocycles. The largest absolute Gasteiger partial charge is 0.394 e. The number of piperidine rings is 2. The SMILES string of the molecule is O=C(c1ccc(F)cc1)C1CCN(c2cc(N3CCCCC3CO)ncn2)CC1. The van der Waals surface area contributed by atoms with Crippen molar-refractivity contribution in [3.8, 4) is 0 Å². The van der Waals surface area contributed by atoms with Gasteiger partial charge in [0.15, 0.2) is 5.78 Å². The summed E-state index contributed by atoms with van der Waals surface area (Å²) in [6, 6.07) is 7.92.